The highest BCUT2D eigenvalue weighted by Crippen LogP contribution is 2.23. The third-order valence-electron chi connectivity index (χ3n) is 2.23. The molecule has 2 aromatic rings. The lowest BCUT2D eigenvalue weighted by Crippen LogP contribution is -1.94. The molecule has 0 bridgehead atoms. The van der Waals surface area contributed by atoms with Gasteiger partial charge in [-0.05, 0) is 28.1 Å². The minimum atomic E-state index is 0.293. The maximum Gasteiger partial charge on any atom is 0.159 e. The minimum Gasteiger partial charge on any atom is -0.320 e. The monoisotopic (exact) mass is 276 g/mol. The van der Waals surface area contributed by atoms with E-state index in [0.717, 1.165) is 21.8 Å². The summed E-state index contributed by atoms with van der Waals surface area (Å²) >= 11 is 3.42. The number of aromatic nitrogens is 3. The van der Waals surface area contributed by atoms with Crippen molar-refractivity contribution in [3.8, 4) is 17.6 Å². The molecule has 0 saturated carbocycles. The molecule has 0 N–H and O–H groups in total. The predicted molar refractivity (Wildman–Crippen MR) is 63.5 cm³/mol. The van der Waals surface area contributed by atoms with Crippen LogP contribution in [0.2, 0.25) is 0 Å². The van der Waals surface area contributed by atoms with E-state index in [1.54, 1.807) is 6.20 Å². The van der Waals surface area contributed by atoms with Crippen LogP contribution < -0.4 is 0 Å². The fraction of sp³-hybridized carbons (Fsp3) is 0.182. The van der Waals surface area contributed by atoms with Crippen LogP contribution in [0, 0.1) is 11.3 Å². The average molecular weight is 277 g/mol. The largest absolute Gasteiger partial charge is 0.320 e. The average Bonchev–Trinajstić information content (AvgIpc) is 2.59. The molecule has 0 spiro atoms. The van der Waals surface area contributed by atoms with Crippen LogP contribution in [0.4, 0.5) is 0 Å². The van der Waals surface area contributed by atoms with Crippen LogP contribution in [0.3, 0.4) is 0 Å². The van der Waals surface area contributed by atoms with Gasteiger partial charge in [-0.15, -0.1) is 0 Å². The van der Waals surface area contributed by atoms with E-state index in [1.807, 2.05) is 29.8 Å². The van der Waals surface area contributed by atoms with Crippen LogP contribution in [0.1, 0.15) is 5.69 Å². The van der Waals surface area contributed by atoms with Gasteiger partial charge >= 0.3 is 0 Å². The predicted octanol–water partition coefficient (Wildman–Crippen LogP) is 2.31. The standard InChI is InChI=1S/C11H9BrN4/c1-16-10(12)8(5-6-13)15-11(16)9-4-2-3-7-14-9/h2-4,7H,5H2,1H3. The Morgan fingerprint density at radius 2 is 2.31 bits per heavy atom. The van der Waals surface area contributed by atoms with Gasteiger partial charge < -0.3 is 4.57 Å². The first-order chi connectivity index (χ1) is 7.74. The summed E-state index contributed by atoms with van der Waals surface area (Å²) in [7, 11) is 1.89. The lowest BCUT2D eigenvalue weighted by molar-refractivity contribution is 0.893. The summed E-state index contributed by atoms with van der Waals surface area (Å²) in [6, 6.07) is 7.75. The van der Waals surface area contributed by atoms with Crippen molar-refractivity contribution in [2.45, 2.75) is 6.42 Å². The first-order valence-electron chi connectivity index (χ1n) is 4.73. The first-order valence-corrected chi connectivity index (χ1v) is 5.52. The lowest BCUT2D eigenvalue weighted by atomic mass is 10.3. The summed E-state index contributed by atoms with van der Waals surface area (Å²) in [5.41, 5.74) is 1.54. The van der Waals surface area contributed by atoms with Crippen molar-refractivity contribution in [3.63, 3.8) is 0 Å². The van der Waals surface area contributed by atoms with Crippen LogP contribution in [-0.2, 0) is 13.5 Å². The van der Waals surface area contributed by atoms with E-state index >= 15 is 0 Å². The molecule has 4 nitrogen and oxygen atoms in total. The summed E-state index contributed by atoms with van der Waals surface area (Å²) in [6.45, 7) is 0. The van der Waals surface area contributed by atoms with Crippen molar-refractivity contribution >= 4 is 15.9 Å². The molecule has 0 fully saturated rings. The number of nitriles is 1. The van der Waals surface area contributed by atoms with E-state index in [2.05, 4.69) is 32.0 Å². The van der Waals surface area contributed by atoms with Crippen molar-refractivity contribution in [2.24, 2.45) is 7.05 Å². The summed E-state index contributed by atoms with van der Waals surface area (Å²) in [5, 5.41) is 8.68. The summed E-state index contributed by atoms with van der Waals surface area (Å²) in [6.07, 6.45) is 2.02. The molecular formula is C11H9BrN4. The number of halogens is 1. The van der Waals surface area contributed by atoms with Crippen molar-refractivity contribution in [1.29, 1.82) is 5.26 Å². The third-order valence-corrected chi connectivity index (χ3v) is 3.22. The van der Waals surface area contributed by atoms with Crippen molar-refractivity contribution in [1.82, 2.24) is 14.5 Å². The fourth-order valence-electron chi connectivity index (χ4n) is 1.45. The molecule has 2 aromatic heterocycles. The molecular weight excluding hydrogens is 268 g/mol. The van der Waals surface area contributed by atoms with E-state index in [-0.39, 0.29) is 0 Å². The van der Waals surface area contributed by atoms with Gasteiger partial charge in [0.15, 0.2) is 5.82 Å². The SMILES string of the molecule is Cn1c(-c2ccccn2)nc(CC#N)c1Br. The van der Waals surface area contributed by atoms with Gasteiger partial charge in [-0.25, -0.2) is 4.98 Å². The maximum atomic E-state index is 8.68. The Morgan fingerprint density at radius 3 is 2.94 bits per heavy atom. The Bertz CT molecular complexity index is 539. The van der Waals surface area contributed by atoms with E-state index in [4.69, 9.17) is 5.26 Å². The van der Waals surface area contributed by atoms with Gasteiger partial charge in [0, 0.05) is 13.2 Å². The number of pyridine rings is 1. The van der Waals surface area contributed by atoms with E-state index in [9.17, 15) is 0 Å². The highest BCUT2D eigenvalue weighted by atomic mass is 79.9. The number of rotatable bonds is 2. The minimum absolute atomic E-state index is 0.293. The van der Waals surface area contributed by atoms with E-state index < -0.39 is 0 Å². The third kappa shape index (κ3) is 1.84. The second kappa shape index (κ2) is 4.45. The van der Waals surface area contributed by atoms with E-state index in [0.29, 0.717) is 6.42 Å². The number of hydrogen-bond donors (Lipinski definition) is 0. The quantitative estimate of drug-likeness (QED) is 0.846. The van der Waals surface area contributed by atoms with Crippen molar-refractivity contribution in [2.75, 3.05) is 0 Å². The molecule has 0 unspecified atom stereocenters. The second-order valence-corrected chi connectivity index (χ2v) is 4.03. The molecule has 5 heteroatoms. The van der Waals surface area contributed by atoms with Crippen LogP contribution in [0.5, 0.6) is 0 Å². The van der Waals surface area contributed by atoms with Crippen molar-refractivity contribution in [3.05, 3.63) is 34.7 Å². The van der Waals surface area contributed by atoms with E-state index in [1.165, 1.54) is 0 Å². The molecule has 80 valence electrons. The molecule has 0 aromatic carbocycles. The van der Waals surface area contributed by atoms with Gasteiger partial charge in [0.2, 0.25) is 0 Å². The zero-order valence-corrected chi connectivity index (χ0v) is 10.3. The van der Waals surface area contributed by atoms with Crippen LogP contribution in [0.15, 0.2) is 29.0 Å². The fourth-order valence-corrected chi connectivity index (χ4v) is 1.84. The summed E-state index contributed by atoms with van der Waals surface area (Å²) < 4.78 is 2.71. The zero-order valence-electron chi connectivity index (χ0n) is 8.68. The molecule has 0 aliphatic carbocycles. The Balaban J connectivity index is 2.52. The molecule has 16 heavy (non-hydrogen) atoms. The highest BCUT2D eigenvalue weighted by Gasteiger charge is 2.13. The maximum absolute atomic E-state index is 8.68. The zero-order chi connectivity index (χ0) is 11.5. The van der Waals surface area contributed by atoms with Gasteiger partial charge in [-0.3, -0.25) is 4.98 Å². The van der Waals surface area contributed by atoms with Crippen LogP contribution in [-0.4, -0.2) is 14.5 Å². The molecule has 0 aliphatic heterocycles. The Labute approximate surface area is 102 Å². The molecule has 2 rings (SSSR count). The Morgan fingerprint density at radius 1 is 1.50 bits per heavy atom. The topological polar surface area (TPSA) is 54.5 Å². The van der Waals surface area contributed by atoms with Gasteiger partial charge in [0.25, 0.3) is 0 Å². The molecule has 0 aliphatic rings. The molecule has 2 heterocycles. The summed E-state index contributed by atoms with van der Waals surface area (Å²) in [5.74, 6) is 0.762. The lowest BCUT2D eigenvalue weighted by Gasteiger charge is -2.00. The number of hydrogen-bond acceptors (Lipinski definition) is 3. The van der Waals surface area contributed by atoms with Gasteiger partial charge in [0.1, 0.15) is 10.3 Å². The molecule has 0 radical (unpaired) electrons. The number of nitrogens with zero attached hydrogens (tertiary/aromatic N) is 4. The summed E-state index contributed by atoms with van der Waals surface area (Å²) in [4.78, 5) is 8.64. The van der Waals surface area contributed by atoms with Gasteiger partial charge in [0.05, 0.1) is 18.2 Å². The van der Waals surface area contributed by atoms with Gasteiger partial charge in [-0.2, -0.15) is 5.26 Å². The smallest absolute Gasteiger partial charge is 0.159 e. The normalized spacial score (nSPS) is 10.1. The highest BCUT2D eigenvalue weighted by molar-refractivity contribution is 9.10. The van der Waals surface area contributed by atoms with Crippen LogP contribution >= 0.6 is 15.9 Å². The second-order valence-electron chi connectivity index (χ2n) is 3.28. The molecule has 0 atom stereocenters. The van der Waals surface area contributed by atoms with Gasteiger partial charge in [-0.1, -0.05) is 6.07 Å². The first kappa shape index (κ1) is 10.8. The Kier molecular flexibility index (Phi) is 3.02. The Hall–Kier alpha value is -1.67. The molecule has 0 saturated heterocycles. The molecule has 0 amide bonds. The number of imidazole rings is 1. The van der Waals surface area contributed by atoms with Crippen LogP contribution in [0.25, 0.3) is 11.5 Å². The van der Waals surface area contributed by atoms with Crippen molar-refractivity contribution < 1.29 is 0 Å².